The van der Waals surface area contributed by atoms with Crippen molar-refractivity contribution >= 4 is 5.91 Å². The fourth-order valence-corrected chi connectivity index (χ4v) is 0.541. The molecule has 3 heteroatoms. The quantitative estimate of drug-likeness (QED) is 0.377. The Balaban J connectivity index is 2.43. The Bertz CT molecular complexity index is 102. The Morgan fingerprint density at radius 3 is 2.43 bits per heavy atom. The number of nitrogens with two attached hydrogens (primary N) is 1. The Labute approximate surface area is 41.9 Å². The average Bonchev–Trinajstić information content (AvgIpc) is 1.68. The SMILES string of the molecule is C[C@H]1NC(=O)[C@H]1N. The van der Waals surface area contributed by atoms with Gasteiger partial charge in [-0.15, -0.1) is 0 Å². The third kappa shape index (κ3) is 0.489. The molecule has 1 fully saturated rings. The van der Waals surface area contributed by atoms with Crippen LogP contribution >= 0.6 is 0 Å². The predicted octanol–water partition coefficient (Wildman–Crippen LogP) is -1.17. The maximum absolute atomic E-state index is 10.2. The van der Waals surface area contributed by atoms with Crippen LogP contribution in [0.5, 0.6) is 0 Å². The van der Waals surface area contributed by atoms with Crippen LogP contribution in [0.2, 0.25) is 0 Å². The lowest BCUT2D eigenvalue weighted by Crippen LogP contribution is -2.65. The van der Waals surface area contributed by atoms with Gasteiger partial charge in [0.1, 0.15) is 6.04 Å². The van der Waals surface area contributed by atoms with Gasteiger partial charge in [-0.1, -0.05) is 0 Å². The third-order valence-electron chi connectivity index (χ3n) is 1.21. The number of carbonyl (C=O) groups is 1. The molecule has 40 valence electrons. The summed E-state index contributed by atoms with van der Waals surface area (Å²) in [6.07, 6.45) is 0. The Morgan fingerprint density at radius 2 is 2.43 bits per heavy atom. The van der Waals surface area contributed by atoms with Gasteiger partial charge in [-0.05, 0) is 6.92 Å². The highest BCUT2D eigenvalue weighted by molar-refractivity contribution is 5.88. The highest BCUT2D eigenvalue weighted by atomic mass is 16.2. The van der Waals surface area contributed by atoms with Gasteiger partial charge in [-0.25, -0.2) is 0 Å². The van der Waals surface area contributed by atoms with Crippen LogP contribution in [0.3, 0.4) is 0 Å². The van der Waals surface area contributed by atoms with Crippen molar-refractivity contribution in [2.24, 2.45) is 5.73 Å². The smallest absolute Gasteiger partial charge is 0.239 e. The summed E-state index contributed by atoms with van der Waals surface area (Å²) >= 11 is 0. The average molecular weight is 100 g/mol. The van der Waals surface area contributed by atoms with Crippen molar-refractivity contribution in [3.8, 4) is 0 Å². The van der Waals surface area contributed by atoms with Crippen LogP contribution in [0.25, 0.3) is 0 Å². The lowest BCUT2D eigenvalue weighted by atomic mass is 10.0. The van der Waals surface area contributed by atoms with E-state index in [9.17, 15) is 4.79 Å². The second kappa shape index (κ2) is 1.20. The molecule has 1 saturated heterocycles. The number of nitrogens with one attached hydrogen (secondary N) is 1. The van der Waals surface area contributed by atoms with Gasteiger partial charge >= 0.3 is 0 Å². The summed E-state index contributed by atoms with van der Waals surface area (Å²) in [6, 6.07) is -0.0625. The maximum Gasteiger partial charge on any atom is 0.239 e. The summed E-state index contributed by atoms with van der Waals surface area (Å²) in [5, 5.41) is 2.59. The normalized spacial score (nSPS) is 39.4. The first-order valence-corrected chi connectivity index (χ1v) is 2.28. The van der Waals surface area contributed by atoms with Gasteiger partial charge in [0.25, 0.3) is 0 Å². The molecule has 0 radical (unpaired) electrons. The molecular formula is C4H8N2O. The van der Waals surface area contributed by atoms with Crippen LogP contribution in [-0.4, -0.2) is 18.0 Å². The summed E-state index contributed by atoms with van der Waals surface area (Å²) in [4.78, 5) is 10.2. The molecule has 2 atom stereocenters. The van der Waals surface area contributed by atoms with E-state index in [-0.39, 0.29) is 18.0 Å². The number of rotatable bonds is 0. The van der Waals surface area contributed by atoms with E-state index in [1.807, 2.05) is 6.92 Å². The van der Waals surface area contributed by atoms with E-state index in [4.69, 9.17) is 5.73 Å². The lowest BCUT2D eigenvalue weighted by molar-refractivity contribution is -0.129. The van der Waals surface area contributed by atoms with Crippen molar-refractivity contribution in [2.75, 3.05) is 0 Å². The maximum atomic E-state index is 10.2. The van der Waals surface area contributed by atoms with Crippen molar-refractivity contribution < 1.29 is 4.79 Å². The monoisotopic (exact) mass is 100 g/mol. The van der Waals surface area contributed by atoms with E-state index >= 15 is 0 Å². The van der Waals surface area contributed by atoms with E-state index in [2.05, 4.69) is 5.32 Å². The van der Waals surface area contributed by atoms with Crippen molar-refractivity contribution in [1.29, 1.82) is 0 Å². The number of carbonyl (C=O) groups excluding carboxylic acids is 1. The van der Waals surface area contributed by atoms with Crippen LogP contribution in [0.15, 0.2) is 0 Å². The first-order valence-electron chi connectivity index (χ1n) is 2.28. The molecule has 0 aromatic heterocycles. The lowest BCUT2D eigenvalue weighted by Gasteiger charge is -2.30. The molecule has 0 aliphatic carbocycles. The molecule has 3 N–H and O–H groups in total. The number of β-lactam (4-membered cyclic amide) rings is 1. The van der Waals surface area contributed by atoms with Gasteiger partial charge in [0.2, 0.25) is 5.91 Å². The van der Waals surface area contributed by atoms with Crippen LogP contribution in [0.4, 0.5) is 0 Å². The molecule has 0 aromatic rings. The molecule has 0 unspecified atom stereocenters. The standard InChI is InChI=1S/C4H8N2O/c1-2-3(5)4(7)6-2/h2-3H,5H2,1H3,(H,6,7)/t2-,3+/m1/s1. The van der Waals surface area contributed by atoms with Crippen LogP contribution in [-0.2, 0) is 4.79 Å². The van der Waals surface area contributed by atoms with Crippen molar-refractivity contribution in [2.45, 2.75) is 19.0 Å². The molecule has 0 bridgehead atoms. The van der Waals surface area contributed by atoms with Gasteiger partial charge in [0.15, 0.2) is 0 Å². The molecule has 7 heavy (non-hydrogen) atoms. The van der Waals surface area contributed by atoms with E-state index < -0.39 is 0 Å². The predicted molar refractivity (Wildman–Crippen MR) is 25.6 cm³/mol. The second-order valence-electron chi connectivity index (χ2n) is 1.82. The van der Waals surface area contributed by atoms with Crippen molar-refractivity contribution in [3.05, 3.63) is 0 Å². The van der Waals surface area contributed by atoms with Crippen LogP contribution < -0.4 is 11.1 Å². The highest BCUT2D eigenvalue weighted by Crippen LogP contribution is 1.99. The Hall–Kier alpha value is -0.570. The Morgan fingerprint density at radius 1 is 1.86 bits per heavy atom. The summed E-state index contributed by atoms with van der Waals surface area (Å²) in [7, 11) is 0. The minimum absolute atomic E-state index is 0.0347. The summed E-state index contributed by atoms with van der Waals surface area (Å²) in [6.45, 7) is 1.88. The molecule has 1 amide bonds. The van der Waals surface area contributed by atoms with Gasteiger partial charge in [0, 0.05) is 0 Å². The van der Waals surface area contributed by atoms with Crippen LogP contribution in [0.1, 0.15) is 6.92 Å². The minimum Gasteiger partial charge on any atom is -0.350 e. The first-order chi connectivity index (χ1) is 3.22. The number of hydrogen-bond donors (Lipinski definition) is 2. The van der Waals surface area contributed by atoms with Gasteiger partial charge < -0.3 is 11.1 Å². The molecule has 0 spiro atoms. The highest BCUT2D eigenvalue weighted by Gasteiger charge is 2.31. The van der Waals surface area contributed by atoms with Crippen molar-refractivity contribution in [1.82, 2.24) is 5.32 Å². The van der Waals surface area contributed by atoms with Crippen LogP contribution in [0, 0.1) is 0 Å². The summed E-state index contributed by atoms with van der Waals surface area (Å²) < 4.78 is 0. The Kier molecular flexibility index (Phi) is 0.785. The zero-order valence-corrected chi connectivity index (χ0v) is 4.14. The van der Waals surface area contributed by atoms with E-state index in [0.717, 1.165) is 0 Å². The summed E-state index contributed by atoms with van der Waals surface area (Å²) in [5.41, 5.74) is 5.25. The van der Waals surface area contributed by atoms with E-state index in [1.54, 1.807) is 0 Å². The van der Waals surface area contributed by atoms with E-state index in [1.165, 1.54) is 0 Å². The van der Waals surface area contributed by atoms with Gasteiger partial charge in [0.05, 0.1) is 6.04 Å². The summed E-state index contributed by atoms with van der Waals surface area (Å²) in [5.74, 6) is -0.0347. The van der Waals surface area contributed by atoms with Crippen molar-refractivity contribution in [3.63, 3.8) is 0 Å². The topological polar surface area (TPSA) is 55.1 Å². The molecule has 3 nitrogen and oxygen atoms in total. The first kappa shape index (κ1) is 4.59. The molecular weight excluding hydrogens is 92.1 g/mol. The molecule has 1 rings (SSSR count). The van der Waals surface area contributed by atoms with Gasteiger partial charge in [-0.3, -0.25) is 4.79 Å². The third-order valence-corrected chi connectivity index (χ3v) is 1.21. The minimum atomic E-state index is -0.250. The van der Waals surface area contributed by atoms with E-state index in [0.29, 0.717) is 0 Å². The zero-order chi connectivity index (χ0) is 5.44. The zero-order valence-electron chi connectivity index (χ0n) is 4.14. The molecule has 1 aliphatic heterocycles. The molecule has 0 saturated carbocycles. The number of hydrogen-bond acceptors (Lipinski definition) is 2. The fourth-order valence-electron chi connectivity index (χ4n) is 0.541. The molecule has 0 aromatic carbocycles. The molecule has 1 aliphatic rings. The second-order valence-corrected chi connectivity index (χ2v) is 1.82. The fraction of sp³-hybridized carbons (Fsp3) is 0.750. The largest absolute Gasteiger partial charge is 0.350 e. The van der Waals surface area contributed by atoms with Gasteiger partial charge in [-0.2, -0.15) is 0 Å². The molecule has 1 heterocycles. The number of amides is 1.